The van der Waals surface area contributed by atoms with E-state index in [-0.39, 0.29) is 44.1 Å². The lowest BCUT2D eigenvalue weighted by Crippen LogP contribution is -2.54. The van der Waals surface area contributed by atoms with Gasteiger partial charge in [0, 0.05) is 29.1 Å². The van der Waals surface area contributed by atoms with Gasteiger partial charge in [0.25, 0.3) is 11.8 Å². The molecule has 12 nitrogen and oxygen atoms in total. The summed E-state index contributed by atoms with van der Waals surface area (Å²) < 4.78 is 10.5. The molecule has 236 valence electrons. The number of benzene rings is 2. The van der Waals surface area contributed by atoms with E-state index < -0.39 is 55.1 Å². The van der Waals surface area contributed by atoms with Crippen molar-refractivity contribution in [3.05, 3.63) is 58.7 Å². The van der Waals surface area contributed by atoms with Crippen LogP contribution in [-0.2, 0) is 32.1 Å². The van der Waals surface area contributed by atoms with Gasteiger partial charge in [0.2, 0.25) is 5.91 Å². The van der Waals surface area contributed by atoms with Crippen LogP contribution in [0.5, 0.6) is 0 Å². The summed E-state index contributed by atoms with van der Waals surface area (Å²) >= 11 is 0. The van der Waals surface area contributed by atoms with Crippen LogP contribution >= 0.6 is 0 Å². The fourth-order valence-electron chi connectivity index (χ4n) is 7.23. The normalized spacial score (nSPS) is 23.9. The van der Waals surface area contributed by atoms with Gasteiger partial charge < -0.3 is 40.0 Å². The lowest BCUT2D eigenvalue weighted by atomic mass is 9.78. The van der Waals surface area contributed by atoms with E-state index in [4.69, 9.17) is 9.31 Å². The Kier molecular flexibility index (Phi) is 8.27. The molecule has 1 unspecified atom stereocenters. The molecule has 4 aliphatic rings. The van der Waals surface area contributed by atoms with E-state index in [1.165, 1.54) is 4.90 Å². The summed E-state index contributed by atoms with van der Waals surface area (Å²) in [5.74, 6) is -2.20. The molecule has 2 aromatic carbocycles. The molecule has 0 bridgehead atoms. The molecule has 1 saturated carbocycles. The molecule has 2 fully saturated rings. The average Bonchev–Trinajstić information content (AvgIpc) is 3.79. The molecule has 5 N–H and O–H groups in total. The second kappa shape index (κ2) is 11.9. The largest absolute Gasteiger partial charge is 0.491 e. The molecule has 0 spiro atoms. The summed E-state index contributed by atoms with van der Waals surface area (Å²) in [5, 5.41) is 36.0. The van der Waals surface area contributed by atoms with Crippen molar-refractivity contribution in [2.24, 2.45) is 5.41 Å². The maximum atomic E-state index is 14.1. The molecule has 1 saturated heterocycles. The standard InChI is InChI=1S/C31H37B2N3O9/c1-18(34-27(39)19-5-7-21-15-44-32(42)23(21)11-19)30(2)13-25(28(40)35-31(14-26(37)38)9-3-4-10-31)36(17-30)29(41)20-6-8-22-16-45-33(43)24(22)12-20/h5-8,11-12,18,25,42-43H,3-4,9-10,13-17H2,1-2H3,(H,34,39)(H,35,40)(H,37,38)/t18?,25-,30+/m0/s1. The number of hydrogen-bond donors (Lipinski definition) is 5. The minimum Gasteiger partial charge on any atom is -0.481 e. The lowest BCUT2D eigenvalue weighted by molar-refractivity contribution is -0.139. The summed E-state index contributed by atoms with van der Waals surface area (Å²) in [6.45, 7) is 4.39. The van der Waals surface area contributed by atoms with E-state index in [9.17, 15) is 34.3 Å². The van der Waals surface area contributed by atoms with E-state index in [2.05, 4.69) is 10.6 Å². The van der Waals surface area contributed by atoms with Crippen LogP contribution in [0.3, 0.4) is 0 Å². The van der Waals surface area contributed by atoms with Crippen molar-refractivity contribution in [2.45, 2.75) is 83.2 Å². The first-order valence-electron chi connectivity index (χ1n) is 15.4. The molecule has 2 aromatic rings. The minimum atomic E-state index is -1.14. The first kappa shape index (κ1) is 31.3. The lowest BCUT2D eigenvalue weighted by Gasteiger charge is -2.32. The first-order chi connectivity index (χ1) is 21.4. The van der Waals surface area contributed by atoms with E-state index in [0.717, 1.165) is 24.0 Å². The SMILES string of the molecule is CC(NC(=O)c1ccc2c(c1)B(O)OC2)[C@]1(C)C[C@@H](C(=O)NC2(CC(=O)O)CCCC2)N(C(=O)c2ccc3c(c2)B(O)OC3)C1. The molecule has 3 atom stereocenters. The second-order valence-electron chi connectivity index (χ2n) is 13.2. The third-order valence-electron chi connectivity index (χ3n) is 10.1. The summed E-state index contributed by atoms with van der Waals surface area (Å²) in [6.07, 6.45) is 2.70. The van der Waals surface area contributed by atoms with Gasteiger partial charge in [-0.15, -0.1) is 0 Å². The number of carboxylic acids is 1. The number of carbonyl (C=O) groups is 4. The number of likely N-dealkylation sites (tertiary alicyclic amines) is 1. The summed E-state index contributed by atoms with van der Waals surface area (Å²) in [7, 11) is -2.23. The van der Waals surface area contributed by atoms with Crippen LogP contribution in [0.15, 0.2) is 36.4 Å². The van der Waals surface area contributed by atoms with Gasteiger partial charge in [-0.05, 0) is 72.5 Å². The number of carbonyl (C=O) groups excluding carboxylic acids is 3. The van der Waals surface area contributed by atoms with Gasteiger partial charge in [0.05, 0.1) is 25.2 Å². The van der Waals surface area contributed by atoms with Gasteiger partial charge in [0.15, 0.2) is 0 Å². The Bertz CT molecular complexity index is 1550. The van der Waals surface area contributed by atoms with Crippen molar-refractivity contribution in [2.75, 3.05) is 6.54 Å². The molecule has 45 heavy (non-hydrogen) atoms. The van der Waals surface area contributed by atoms with Gasteiger partial charge >= 0.3 is 20.2 Å². The number of aliphatic carboxylic acids is 1. The predicted octanol–water partition coefficient (Wildman–Crippen LogP) is 0.0650. The molecule has 3 amide bonds. The summed E-state index contributed by atoms with van der Waals surface area (Å²) in [4.78, 5) is 54.6. The molecular formula is C31H37B2N3O9. The molecular weight excluding hydrogens is 580 g/mol. The van der Waals surface area contributed by atoms with Crippen molar-refractivity contribution >= 4 is 48.9 Å². The van der Waals surface area contributed by atoms with Crippen molar-refractivity contribution < 1.29 is 43.6 Å². The number of amides is 3. The van der Waals surface area contributed by atoms with Crippen LogP contribution < -0.4 is 21.6 Å². The highest BCUT2D eigenvalue weighted by atomic mass is 16.5. The highest BCUT2D eigenvalue weighted by molar-refractivity contribution is 6.62. The number of nitrogens with zero attached hydrogens (tertiary/aromatic N) is 1. The molecule has 6 rings (SSSR count). The topological polar surface area (TPSA) is 175 Å². The fourth-order valence-corrected chi connectivity index (χ4v) is 7.23. The van der Waals surface area contributed by atoms with Crippen molar-refractivity contribution in [1.82, 2.24) is 15.5 Å². The van der Waals surface area contributed by atoms with Crippen molar-refractivity contribution in [3.63, 3.8) is 0 Å². The van der Waals surface area contributed by atoms with Gasteiger partial charge in [-0.1, -0.05) is 31.9 Å². The van der Waals surface area contributed by atoms with Gasteiger partial charge in [-0.25, -0.2) is 0 Å². The Morgan fingerprint density at radius 1 is 0.978 bits per heavy atom. The quantitative estimate of drug-likeness (QED) is 0.257. The van der Waals surface area contributed by atoms with Crippen LogP contribution in [0, 0.1) is 5.41 Å². The number of carboxylic acid groups (broad SMARTS) is 1. The van der Waals surface area contributed by atoms with E-state index in [1.54, 1.807) is 36.4 Å². The Hall–Kier alpha value is -3.71. The molecule has 0 aromatic heterocycles. The molecule has 3 aliphatic heterocycles. The van der Waals surface area contributed by atoms with Crippen LogP contribution in [0.4, 0.5) is 0 Å². The monoisotopic (exact) mass is 617 g/mol. The summed E-state index contributed by atoms with van der Waals surface area (Å²) in [5.41, 5.74) is 1.66. The Morgan fingerprint density at radius 2 is 1.56 bits per heavy atom. The van der Waals surface area contributed by atoms with Gasteiger partial charge in [0.1, 0.15) is 6.04 Å². The van der Waals surface area contributed by atoms with Gasteiger partial charge in [-0.3, -0.25) is 19.2 Å². The fraction of sp³-hybridized carbons (Fsp3) is 0.484. The maximum Gasteiger partial charge on any atom is 0.491 e. The third kappa shape index (κ3) is 5.99. The molecule has 0 radical (unpaired) electrons. The van der Waals surface area contributed by atoms with E-state index in [1.807, 2.05) is 13.8 Å². The number of hydrogen-bond acceptors (Lipinski definition) is 8. The zero-order chi connectivity index (χ0) is 32.1. The van der Waals surface area contributed by atoms with Gasteiger partial charge in [-0.2, -0.15) is 0 Å². The first-order valence-corrected chi connectivity index (χ1v) is 15.4. The van der Waals surface area contributed by atoms with Crippen LogP contribution in [0.1, 0.15) is 84.2 Å². The second-order valence-corrected chi connectivity index (χ2v) is 13.2. The summed E-state index contributed by atoms with van der Waals surface area (Å²) in [6, 6.07) is 8.57. The Labute approximate surface area is 261 Å². The zero-order valence-corrected chi connectivity index (χ0v) is 25.4. The molecule has 1 aliphatic carbocycles. The van der Waals surface area contributed by atoms with Crippen LogP contribution in [0.25, 0.3) is 0 Å². The highest BCUT2D eigenvalue weighted by Crippen LogP contribution is 2.40. The third-order valence-corrected chi connectivity index (χ3v) is 10.1. The van der Waals surface area contributed by atoms with Crippen molar-refractivity contribution in [3.8, 4) is 0 Å². The Balaban J connectivity index is 1.26. The maximum absolute atomic E-state index is 14.1. The Morgan fingerprint density at radius 3 is 2.16 bits per heavy atom. The average molecular weight is 617 g/mol. The number of fused-ring (bicyclic) bond motifs is 2. The van der Waals surface area contributed by atoms with Crippen molar-refractivity contribution in [1.29, 1.82) is 0 Å². The number of rotatable bonds is 8. The van der Waals surface area contributed by atoms with E-state index in [0.29, 0.717) is 29.3 Å². The molecule has 14 heteroatoms. The highest BCUT2D eigenvalue weighted by Gasteiger charge is 2.51. The predicted molar refractivity (Wildman–Crippen MR) is 164 cm³/mol. The van der Waals surface area contributed by atoms with Crippen LogP contribution in [0.2, 0.25) is 0 Å². The number of nitrogens with one attached hydrogen (secondary N) is 2. The van der Waals surface area contributed by atoms with E-state index >= 15 is 0 Å². The minimum absolute atomic E-state index is 0.143. The smallest absolute Gasteiger partial charge is 0.481 e. The zero-order valence-electron chi connectivity index (χ0n) is 25.4. The molecule has 3 heterocycles. The van der Waals surface area contributed by atoms with Crippen LogP contribution in [-0.4, -0.2) is 82.1 Å².